The first-order valence-corrected chi connectivity index (χ1v) is 6.70. The topological polar surface area (TPSA) is 48.3 Å². The Balaban J connectivity index is 1.74. The Morgan fingerprint density at radius 2 is 2.50 bits per heavy atom. The van der Waals surface area contributed by atoms with Crippen LogP contribution in [0, 0.1) is 0 Å². The second-order valence-electron chi connectivity index (χ2n) is 5.25. The normalized spacial score (nSPS) is 26.8. The van der Waals surface area contributed by atoms with Crippen molar-refractivity contribution in [2.24, 2.45) is 0 Å². The Labute approximate surface area is 107 Å². The lowest BCUT2D eigenvalue weighted by atomic mass is 9.80. The number of methoxy groups -OCH3 is 1. The SMILES string of the molecule is COC1(Cn2cncc2C2CNCCO2)CCC1. The van der Waals surface area contributed by atoms with Gasteiger partial charge in [-0.2, -0.15) is 0 Å². The Morgan fingerprint density at radius 1 is 1.61 bits per heavy atom. The lowest BCUT2D eigenvalue weighted by Gasteiger charge is -2.41. The molecular formula is C13H21N3O2. The van der Waals surface area contributed by atoms with Crippen molar-refractivity contribution in [2.45, 2.75) is 37.5 Å². The van der Waals surface area contributed by atoms with Crippen molar-refractivity contribution in [2.75, 3.05) is 26.8 Å². The van der Waals surface area contributed by atoms with Crippen LogP contribution in [-0.4, -0.2) is 42.0 Å². The largest absolute Gasteiger partial charge is 0.376 e. The van der Waals surface area contributed by atoms with Gasteiger partial charge in [0.15, 0.2) is 0 Å². The molecule has 3 rings (SSSR count). The summed E-state index contributed by atoms with van der Waals surface area (Å²) in [7, 11) is 1.81. The van der Waals surface area contributed by atoms with Crippen LogP contribution in [0.25, 0.3) is 0 Å². The first kappa shape index (κ1) is 12.1. The third-order valence-corrected chi connectivity index (χ3v) is 4.16. The molecule has 1 unspecified atom stereocenters. The summed E-state index contributed by atoms with van der Waals surface area (Å²) in [4.78, 5) is 4.27. The maximum absolute atomic E-state index is 5.80. The average Bonchev–Trinajstić information content (AvgIpc) is 2.83. The van der Waals surface area contributed by atoms with Crippen molar-refractivity contribution in [1.82, 2.24) is 14.9 Å². The molecule has 1 aliphatic heterocycles. The van der Waals surface area contributed by atoms with E-state index in [1.54, 1.807) is 0 Å². The molecule has 1 saturated heterocycles. The second-order valence-corrected chi connectivity index (χ2v) is 5.25. The number of rotatable bonds is 4. The highest BCUT2D eigenvalue weighted by Crippen LogP contribution is 2.37. The minimum Gasteiger partial charge on any atom is -0.376 e. The highest BCUT2D eigenvalue weighted by Gasteiger charge is 2.38. The number of hydrogen-bond acceptors (Lipinski definition) is 4. The first-order chi connectivity index (χ1) is 8.83. The van der Waals surface area contributed by atoms with E-state index in [4.69, 9.17) is 9.47 Å². The van der Waals surface area contributed by atoms with Gasteiger partial charge in [0.05, 0.1) is 37.0 Å². The first-order valence-electron chi connectivity index (χ1n) is 6.70. The molecule has 1 atom stereocenters. The molecule has 18 heavy (non-hydrogen) atoms. The average molecular weight is 251 g/mol. The lowest BCUT2D eigenvalue weighted by molar-refractivity contribution is -0.0853. The molecule has 1 N–H and O–H groups in total. The van der Waals surface area contributed by atoms with E-state index >= 15 is 0 Å². The zero-order valence-corrected chi connectivity index (χ0v) is 10.9. The van der Waals surface area contributed by atoms with Gasteiger partial charge in [-0.15, -0.1) is 0 Å². The fraction of sp³-hybridized carbons (Fsp3) is 0.769. The summed E-state index contributed by atoms with van der Waals surface area (Å²) in [6.07, 6.45) is 7.48. The van der Waals surface area contributed by atoms with Gasteiger partial charge in [0, 0.05) is 20.2 Å². The minimum atomic E-state index is 0.0253. The molecule has 1 saturated carbocycles. The van der Waals surface area contributed by atoms with E-state index in [-0.39, 0.29) is 11.7 Å². The maximum atomic E-state index is 5.80. The van der Waals surface area contributed by atoms with E-state index in [0.717, 1.165) is 44.8 Å². The van der Waals surface area contributed by atoms with Crippen molar-refractivity contribution < 1.29 is 9.47 Å². The van der Waals surface area contributed by atoms with Crippen LogP contribution in [0.15, 0.2) is 12.5 Å². The third-order valence-electron chi connectivity index (χ3n) is 4.16. The van der Waals surface area contributed by atoms with Gasteiger partial charge in [0.25, 0.3) is 0 Å². The van der Waals surface area contributed by atoms with Crippen LogP contribution in [0.2, 0.25) is 0 Å². The molecule has 5 heteroatoms. The fourth-order valence-corrected chi connectivity index (χ4v) is 2.79. The lowest BCUT2D eigenvalue weighted by Crippen LogP contribution is -2.44. The third kappa shape index (κ3) is 2.18. The van der Waals surface area contributed by atoms with Crippen LogP contribution in [0.4, 0.5) is 0 Å². The monoisotopic (exact) mass is 251 g/mol. The van der Waals surface area contributed by atoms with E-state index in [0.29, 0.717) is 0 Å². The van der Waals surface area contributed by atoms with Gasteiger partial charge in [-0.3, -0.25) is 0 Å². The van der Waals surface area contributed by atoms with Crippen LogP contribution in [0.5, 0.6) is 0 Å². The standard InChI is InChI=1S/C13H21N3O2/c1-17-13(3-2-4-13)9-16-10-15-7-11(16)12-8-14-5-6-18-12/h7,10,12,14H,2-6,8-9H2,1H3. The molecule has 0 amide bonds. The van der Waals surface area contributed by atoms with Crippen molar-refractivity contribution >= 4 is 0 Å². The zero-order valence-electron chi connectivity index (χ0n) is 10.9. The molecule has 1 aliphatic carbocycles. The minimum absolute atomic E-state index is 0.0253. The van der Waals surface area contributed by atoms with Crippen LogP contribution >= 0.6 is 0 Å². The summed E-state index contributed by atoms with van der Waals surface area (Å²) < 4.78 is 13.7. The summed E-state index contributed by atoms with van der Waals surface area (Å²) in [6.45, 7) is 3.46. The molecule has 0 aromatic carbocycles. The van der Waals surface area contributed by atoms with Crippen LogP contribution in [-0.2, 0) is 16.0 Å². The van der Waals surface area contributed by atoms with Crippen LogP contribution in [0.3, 0.4) is 0 Å². The molecule has 2 heterocycles. The van der Waals surface area contributed by atoms with Gasteiger partial charge in [-0.1, -0.05) is 0 Å². The van der Waals surface area contributed by atoms with Crippen LogP contribution in [0.1, 0.15) is 31.1 Å². The second kappa shape index (κ2) is 4.99. The Hall–Kier alpha value is -0.910. The molecule has 1 aromatic rings. The molecule has 100 valence electrons. The van der Waals surface area contributed by atoms with E-state index in [1.165, 1.54) is 6.42 Å². The van der Waals surface area contributed by atoms with Crippen molar-refractivity contribution in [1.29, 1.82) is 0 Å². The van der Waals surface area contributed by atoms with E-state index < -0.39 is 0 Å². The number of hydrogen-bond donors (Lipinski definition) is 1. The zero-order chi connectivity index (χ0) is 12.4. The molecule has 0 radical (unpaired) electrons. The van der Waals surface area contributed by atoms with Crippen LogP contribution < -0.4 is 5.32 Å². The number of morpholine rings is 1. The summed E-state index contributed by atoms with van der Waals surface area (Å²) in [6, 6.07) is 0. The van der Waals surface area contributed by atoms with Gasteiger partial charge in [0.2, 0.25) is 0 Å². The number of nitrogens with zero attached hydrogens (tertiary/aromatic N) is 2. The molecule has 1 aromatic heterocycles. The van der Waals surface area contributed by atoms with Gasteiger partial charge in [-0.05, 0) is 19.3 Å². The molecule has 0 bridgehead atoms. The molecule has 5 nitrogen and oxygen atoms in total. The quantitative estimate of drug-likeness (QED) is 0.871. The Kier molecular flexibility index (Phi) is 3.37. The van der Waals surface area contributed by atoms with Gasteiger partial charge in [0.1, 0.15) is 6.10 Å². The van der Waals surface area contributed by atoms with Crippen molar-refractivity contribution in [3.05, 3.63) is 18.2 Å². The van der Waals surface area contributed by atoms with Gasteiger partial charge in [-0.25, -0.2) is 4.98 Å². The van der Waals surface area contributed by atoms with Gasteiger partial charge < -0.3 is 19.4 Å². The molecule has 0 spiro atoms. The van der Waals surface area contributed by atoms with Gasteiger partial charge >= 0.3 is 0 Å². The maximum Gasteiger partial charge on any atom is 0.111 e. The molecular weight excluding hydrogens is 230 g/mol. The number of ether oxygens (including phenoxy) is 2. The van der Waals surface area contributed by atoms with Crippen molar-refractivity contribution in [3.63, 3.8) is 0 Å². The summed E-state index contributed by atoms with van der Waals surface area (Å²) >= 11 is 0. The number of aromatic nitrogens is 2. The van der Waals surface area contributed by atoms with Crippen molar-refractivity contribution in [3.8, 4) is 0 Å². The smallest absolute Gasteiger partial charge is 0.111 e. The molecule has 2 fully saturated rings. The number of nitrogens with one attached hydrogen (secondary N) is 1. The summed E-state index contributed by atoms with van der Waals surface area (Å²) in [5, 5.41) is 3.36. The predicted molar refractivity (Wildman–Crippen MR) is 67.4 cm³/mol. The van der Waals surface area contributed by atoms with E-state index in [1.807, 2.05) is 19.6 Å². The Bertz CT molecular complexity index is 389. The fourth-order valence-electron chi connectivity index (χ4n) is 2.79. The van der Waals surface area contributed by atoms with E-state index in [2.05, 4.69) is 14.9 Å². The highest BCUT2D eigenvalue weighted by molar-refractivity contribution is 5.06. The summed E-state index contributed by atoms with van der Waals surface area (Å²) in [5.41, 5.74) is 1.18. The van der Waals surface area contributed by atoms with E-state index in [9.17, 15) is 0 Å². The molecule has 2 aliphatic rings. The summed E-state index contributed by atoms with van der Waals surface area (Å²) in [5.74, 6) is 0. The predicted octanol–water partition coefficient (Wildman–Crippen LogP) is 1.11. The Morgan fingerprint density at radius 3 is 3.11 bits per heavy atom. The number of imidazole rings is 1. The highest BCUT2D eigenvalue weighted by atomic mass is 16.5.